The average Bonchev–Trinajstić information content (AvgIpc) is 2.91. The van der Waals surface area contributed by atoms with Gasteiger partial charge in [0.2, 0.25) is 0 Å². The molecule has 1 aromatic rings. The molecular formula is C16H25N3O. The van der Waals surface area contributed by atoms with E-state index in [4.69, 9.17) is 10.9 Å². The maximum absolute atomic E-state index is 8.99. The molecule has 0 spiro atoms. The molecule has 0 amide bonds. The van der Waals surface area contributed by atoms with Gasteiger partial charge in [-0.2, -0.15) is 0 Å². The Balaban J connectivity index is 2.39. The van der Waals surface area contributed by atoms with Gasteiger partial charge in [0.15, 0.2) is 5.84 Å². The number of hydrogen-bond acceptors (Lipinski definition) is 3. The van der Waals surface area contributed by atoms with Gasteiger partial charge >= 0.3 is 0 Å². The Kier molecular flexibility index (Phi) is 4.21. The number of amidine groups is 1. The normalized spacial score (nSPS) is 18.6. The molecule has 0 bridgehead atoms. The Morgan fingerprint density at radius 1 is 1.40 bits per heavy atom. The Morgan fingerprint density at radius 2 is 2.10 bits per heavy atom. The predicted molar refractivity (Wildman–Crippen MR) is 83.5 cm³/mol. The van der Waals surface area contributed by atoms with Crippen molar-refractivity contribution in [1.29, 1.82) is 0 Å². The Bertz CT molecular complexity index is 506. The molecule has 20 heavy (non-hydrogen) atoms. The van der Waals surface area contributed by atoms with Crippen LogP contribution in [0.2, 0.25) is 0 Å². The summed E-state index contributed by atoms with van der Waals surface area (Å²) < 4.78 is 0. The molecule has 0 saturated carbocycles. The van der Waals surface area contributed by atoms with E-state index >= 15 is 0 Å². The number of anilines is 1. The molecule has 0 unspecified atom stereocenters. The summed E-state index contributed by atoms with van der Waals surface area (Å²) in [5, 5.41) is 12.2. The highest BCUT2D eigenvalue weighted by Gasteiger charge is 2.36. The van der Waals surface area contributed by atoms with Crippen LogP contribution in [0, 0.1) is 12.3 Å². The van der Waals surface area contributed by atoms with Crippen molar-refractivity contribution in [2.45, 2.75) is 40.0 Å². The highest BCUT2D eigenvalue weighted by atomic mass is 16.4. The molecule has 3 N–H and O–H groups in total. The van der Waals surface area contributed by atoms with E-state index in [1.165, 1.54) is 24.8 Å². The molecule has 0 atom stereocenters. The predicted octanol–water partition coefficient (Wildman–Crippen LogP) is 3.11. The van der Waals surface area contributed by atoms with Gasteiger partial charge in [-0.3, -0.25) is 0 Å². The Hall–Kier alpha value is -1.71. The summed E-state index contributed by atoms with van der Waals surface area (Å²) in [5.41, 5.74) is 9.37. The molecule has 4 heteroatoms. The fraction of sp³-hybridized carbons (Fsp3) is 0.562. The number of benzene rings is 1. The number of nitrogens with two attached hydrogens (primary N) is 1. The summed E-state index contributed by atoms with van der Waals surface area (Å²) in [6.07, 6.45) is 3.61. The van der Waals surface area contributed by atoms with Crippen molar-refractivity contribution in [2.24, 2.45) is 16.3 Å². The van der Waals surface area contributed by atoms with Crippen molar-refractivity contribution < 1.29 is 5.21 Å². The van der Waals surface area contributed by atoms with Gasteiger partial charge in [0, 0.05) is 18.7 Å². The van der Waals surface area contributed by atoms with Crippen LogP contribution in [0.4, 0.5) is 5.69 Å². The third-order valence-electron chi connectivity index (χ3n) is 4.88. The van der Waals surface area contributed by atoms with E-state index < -0.39 is 0 Å². The first-order chi connectivity index (χ1) is 9.56. The zero-order valence-electron chi connectivity index (χ0n) is 12.7. The summed E-state index contributed by atoms with van der Waals surface area (Å²) >= 11 is 0. The van der Waals surface area contributed by atoms with Crippen molar-refractivity contribution in [1.82, 2.24) is 0 Å². The van der Waals surface area contributed by atoms with Crippen LogP contribution in [0.1, 0.15) is 44.2 Å². The second-order valence-electron chi connectivity index (χ2n) is 5.83. The van der Waals surface area contributed by atoms with Crippen LogP contribution in [-0.4, -0.2) is 24.1 Å². The smallest absolute Gasteiger partial charge is 0.172 e. The zero-order chi connectivity index (χ0) is 14.8. The van der Waals surface area contributed by atoms with Gasteiger partial charge in [-0.15, -0.1) is 0 Å². The molecule has 1 aliphatic heterocycles. The number of hydrogen-bond donors (Lipinski definition) is 2. The summed E-state index contributed by atoms with van der Waals surface area (Å²) in [6.45, 7) is 8.72. The number of para-hydroxylation sites is 1. The van der Waals surface area contributed by atoms with Crippen molar-refractivity contribution in [3.05, 3.63) is 29.3 Å². The molecule has 0 radical (unpaired) electrons. The van der Waals surface area contributed by atoms with E-state index in [1.807, 2.05) is 12.1 Å². The van der Waals surface area contributed by atoms with Gasteiger partial charge in [0.05, 0.1) is 5.69 Å². The fourth-order valence-electron chi connectivity index (χ4n) is 3.29. The number of nitrogens with zero attached hydrogens (tertiary/aromatic N) is 2. The number of rotatable bonds is 4. The topological polar surface area (TPSA) is 61.8 Å². The number of oxime groups is 1. The average molecular weight is 275 g/mol. The molecule has 1 aliphatic rings. The Morgan fingerprint density at radius 3 is 2.65 bits per heavy atom. The van der Waals surface area contributed by atoms with E-state index in [-0.39, 0.29) is 5.84 Å². The lowest BCUT2D eigenvalue weighted by molar-refractivity contribution is 0.301. The lowest BCUT2D eigenvalue weighted by Gasteiger charge is -2.29. The van der Waals surface area contributed by atoms with Crippen molar-refractivity contribution in [3.8, 4) is 0 Å². The molecule has 4 nitrogen and oxygen atoms in total. The summed E-state index contributed by atoms with van der Waals surface area (Å²) in [6, 6.07) is 5.96. The number of aryl methyl sites for hydroxylation is 1. The van der Waals surface area contributed by atoms with Crippen LogP contribution in [-0.2, 0) is 0 Å². The third-order valence-corrected chi connectivity index (χ3v) is 4.88. The van der Waals surface area contributed by atoms with Crippen LogP contribution in [0.25, 0.3) is 0 Å². The minimum absolute atomic E-state index is 0.189. The molecule has 1 fully saturated rings. The van der Waals surface area contributed by atoms with Crippen molar-refractivity contribution >= 4 is 11.5 Å². The minimum atomic E-state index is 0.189. The maximum atomic E-state index is 8.99. The van der Waals surface area contributed by atoms with Crippen LogP contribution in [0.5, 0.6) is 0 Å². The van der Waals surface area contributed by atoms with Gasteiger partial charge in [0.25, 0.3) is 0 Å². The SMILES string of the molecule is CCC1(CC)CCN(c2c(C)cccc2/C(N)=N/O)C1. The van der Waals surface area contributed by atoms with Crippen LogP contribution < -0.4 is 10.6 Å². The van der Waals surface area contributed by atoms with E-state index in [2.05, 4.69) is 36.9 Å². The highest BCUT2D eigenvalue weighted by molar-refractivity contribution is 6.02. The summed E-state index contributed by atoms with van der Waals surface area (Å²) in [4.78, 5) is 2.40. The Labute approximate surface area is 121 Å². The van der Waals surface area contributed by atoms with Gasteiger partial charge in [0.1, 0.15) is 0 Å². The van der Waals surface area contributed by atoms with Crippen LogP contribution in [0.15, 0.2) is 23.4 Å². The monoisotopic (exact) mass is 275 g/mol. The third kappa shape index (κ3) is 2.47. The van der Waals surface area contributed by atoms with Gasteiger partial charge in [-0.05, 0) is 43.2 Å². The maximum Gasteiger partial charge on any atom is 0.172 e. The first-order valence-corrected chi connectivity index (χ1v) is 7.39. The fourth-order valence-corrected chi connectivity index (χ4v) is 3.29. The van der Waals surface area contributed by atoms with Gasteiger partial charge in [-0.1, -0.05) is 31.1 Å². The van der Waals surface area contributed by atoms with Crippen LogP contribution >= 0.6 is 0 Å². The van der Waals surface area contributed by atoms with E-state index in [0.29, 0.717) is 5.41 Å². The lowest BCUT2D eigenvalue weighted by atomic mass is 9.82. The first-order valence-electron chi connectivity index (χ1n) is 7.39. The van der Waals surface area contributed by atoms with Gasteiger partial charge in [-0.25, -0.2) is 0 Å². The molecule has 1 heterocycles. The molecule has 2 rings (SSSR count). The standard InChI is InChI=1S/C16H25N3O/c1-4-16(5-2)9-10-19(11-16)14-12(3)7-6-8-13(14)15(17)18-20/h6-8,20H,4-5,9-11H2,1-3H3,(H2,17,18). The van der Waals surface area contributed by atoms with E-state index in [9.17, 15) is 0 Å². The molecular weight excluding hydrogens is 250 g/mol. The largest absolute Gasteiger partial charge is 0.409 e. The molecule has 1 saturated heterocycles. The van der Waals surface area contributed by atoms with E-state index in [0.717, 1.165) is 24.3 Å². The first kappa shape index (κ1) is 14.7. The van der Waals surface area contributed by atoms with Gasteiger partial charge < -0.3 is 15.8 Å². The van der Waals surface area contributed by atoms with Crippen LogP contribution in [0.3, 0.4) is 0 Å². The second-order valence-corrected chi connectivity index (χ2v) is 5.83. The molecule has 110 valence electrons. The quantitative estimate of drug-likeness (QED) is 0.384. The minimum Gasteiger partial charge on any atom is -0.409 e. The molecule has 0 aromatic heterocycles. The van der Waals surface area contributed by atoms with Crippen molar-refractivity contribution in [3.63, 3.8) is 0 Å². The zero-order valence-corrected chi connectivity index (χ0v) is 12.7. The van der Waals surface area contributed by atoms with Crippen molar-refractivity contribution in [2.75, 3.05) is 18.0 Å². The molecule has 1 aromatic carbocycles. The lowest BCUT2D eigenvalue weighted by Crippen LogP contribution is -2.29. The summed E-state index contributed by atoms with van der Waals surface area (Å²) in [7, 11) is 0. The summed E-state index contributed by atoms with van der Waals surface area (Å²) in [5.74, 6) is 0.189. The molecule has 0 aliphatic carbocycles. The second kappa shape index (κ2) is 5.73. The highest BCUT2D eigenvalue weighted by Crippen LogP contribution is 2.40. The van der Waals surface area contributed by atoms with E-state index in [1.54, 1.807) is 0 Å².